The second kappa shape index (κ2) is 8.71. The van der Waals surface area contributed by atoms with E-state index in [1.807, 2.05) is 41.3 Å². The zero-order chi connectivity index (χ0) is 21.0. The normalized spacial score (nSPS) is 18.9. The highest BCUT2D eigenvalue weighted by atomic mass is 16.2. The number of carbonyl (C=O) groups excluding carboxylic acids is 1. The molecular weight excluding hydrogens is 388 g/mol. The SMILES string of the molecule is O=C(CN1C(c2ccccc2)=C[C@H](c2ccccc2)n2nnnc21)NC1CCCCC1. The summed E-state index contributed by atoms with van der Waals surface area (Å²) < 4.78 is 1.79. The van der Waals surface area contributed by atoms with Crippen molar-refractivity contribution in [3.05, 3.63) is 77.9 Å². The van der Waals surface area contributed by atoms with E-state index in [1.165, 1.54) is 19.3 Å². The monoisotopic (exact) mass is 414 g/mol. The van der Waals surface area contributed by atoms with Crippen molar-refractivity contribution in [3.63, 3.8) is 0 Å². The summed E-state index contributed by atoms with van der Waals surface area (Å²) in [7, 11) is 0. The minimum atomic E-state index is -0.140. The van der Waals surface area contributed by atoms with E-state index in [9.17, 15) is 4.79 Å². The Balaban J connectivity index is 1.49. The highest BCUT2D eigenvalue weighted by molar-refractivity contribution is 5.89. The lowest BCUT2D eigenvalue weighted by molar-refractivity contribution is -0.120. The van der Waals surface area contributed by atoms with Crippen LogP contribution in [0.25, 0.3) is 5.70 Å². The minimum absolute atomic E-state index is 0.00134. The highest BCUT2D eigenvalue weighted by Crippen LogP contribution is 2.35. The lowest BCUT2D eigenvalue weighted by atomic mass is 9.95. The van der Waals surface area contributed by atoms with Gasteiger partial charge in [-0.15, -0.1) is 0 Å². The molecular formula is C24H26N6O. The van der Waals surface area contributed by atoms with E-state index < -0.39 is 0 Å². The fourth-order valence-corrected chi connectivity index (χ4v) is 4.53. The number of carbonyl (C=O) groups is 1. The fraction of sp³-hybridized carbons (Fsp3) is 0.333. The Bertz CT molecular complexity index is 1060. The molecule has 3 aromatic rings. The number of hydrogen-bond donors (Lipinski definition) is 1. The van der Waals surface area contributed by atoms with Gasteiger partial charge in [0.05, 0.1) is 5.70 Å². The first kappa shape index (κ1) is 19.5. The zero-order valence-electron chi connectivity index (χ0n) is 17.4. The number of nitrogens with zero attached hydrogens (tertiary/aromatic N) is 5. The van der Waals surface area contributed by atoms with Gasteiger partial charge in [0.15, 0.2) is 0 Å². The number of fused-ring (bicyclic) bond motifs is 1. The maximum atomic E-state index is 13.0. The Morgan fingerprint density at radius 2 is 1.68 bits per heavy atom. The smallest absolute Gasteiger partial charge is 0.251 e. The quantitative estimate of drug-likeness (QED) is 0.691. The molecule has 31 heavy (non-hydrogen) atoms. The molecule has 1 aliphatic heterocycles. The van der Waals surface area contributed by atoms with Crippen LogP contribution in [0, 0.1) is 0 Å². The summed E-state index contributed by atoms with van der Waals surface area (Å²) in [5.74, 6) is 0.579. The summed E-state index contributed by atoms with van der Waals surface area (Å²) >= 11 is 0. The van der Waals surface area contributed by atoms with Crippen LogP contribution in [0.15, 0.2) is 66.7 Å². The highest BCUT2D eigenvalue weighted by Gasteiger charge is 2.32. The third-order valence-corrected chi connectivity index (χ3v) is 6.07. The number of anilines is 1. The molecule has 2 aromatic carbocycles. The first-order valence-corrected chi connectivity index (χ1v) is 11.0. The molecule has 1 N–H and O–H groups in total. The first-order valence-electron chi connectivity index (χ1n) is 11.0. The number of benzene rings is 2. The van der Waals surface area contributed by atoms with Crippen LogP contribution < -0.4 is 10.2 Å². The lowest BCUT2D eigenvalue weighted by Crippen LogP contribution is -2.44. The summed E-state index contributed by atoms with van der Waals surface area (Å²) in [5.41, 5.74) is 3.06. The summed E-state index contributed by atoms with van der Waals surface area (Å²) in [4.78, 5) is 14.9. The third kappa shape index (κ3) is 4.08. The predicted molar refractivity (Wildman–Crippen MR) is 119 cm³/mol. The van der Waals surface area contributed by atoms with E-state index in [-0.39, 0.29) is 24.5 Å². The number of rotatable bonds is 5. The van der Waals surface area contributed by atoms with Gasteiger partial charge in [0.2, 0.25) is 5.91 Å². The minimum Gasteiger partial charge on any atom is -0.352 e. The molecule has 0 unspecified atom stereocenters. The molecule has 5 rings (SSSR count). The number of amides is 1. The molecule has 158 valence electrons. The van der Waals surface area contributed by atoms with Gasteiger partial charge >= 0.3 is 0 Å². The van der Waals surface area contributed by atoms with Gasteiger partial charge < -0.3 is 5.32 Å². The van der Waals surface area contributed by atoms with Crippen molar-refractivity contribution < 1.29 is 4.79 Å². The van der Waals surface area contributed by atoms with Gasteiger partial charge in [0.25, 0.3) is 5.95 Å². The average molecular weight is 415 g/mol. The summed E-state index contributed by atoms with van der Waals surface area (Å²) in [6.45, 7) is 0.180. The van der Waals surface area contributed by atoms with Crippen molar-refractivity contribution >= 4 is 17.6 Å². The number of allylic oxidation sites excluding steroid dienone is 1. The Hall–Kier alpha value is -3.48. The van der Waals surface area contributed by atoms with E-state index in [0.717, 1.165) is 29.7 Å². The standard InChI is InChI=1S/C24H26N6O/c31-23(25-20-14-8-3-9-15-20)17-29-21(18-10-4-1-5-11-18)16-22(19-12-6-2-7-13-19)30-24(29)26-27-28-30/h1-2,4-7,10-13,16,20,22H,3,8-9,14-15,17H2,(H,25,31)/t22-/m1/s1. The van der Waals surface area contributed by atoms with Crippen molar-refractivity contribution in [2.45, 2.75) is 44.2 Å². The van der Waals surface area contributed by atoms with Gasteiger partial charge in [-0.3, -0.25) is 9.69 Å². The molecule has 1 aliphatic carbocycles. The van der Waals surface area contributed by atoms with Crippen LogP contribution in [0.5, 0.6) is 0 Å². The van der Waals surface area contributed by atoms with E-state index in [4.69, 9.17) is 0 Å². The van der Waals surface area contributed by atoms with E-state index in [1.54, 1.807) is 4.68 Å². The molecule has 2 aliphatic rings. The molecule has 1 saturated carbocycles. The molecule has 0 radical (unpaired) electrons. The molecule has 2 heterocycles. The van der Waals surface area contributed by atoms with Crippen molar-refractivity contribution in [2.75, 3.05) is 11.4 Å². The van der Waals surface area contributed by atoms with Crippen LogP contribution in [0.1, 0.15) is 49.3 Å². The maximum Gasteiger partial charge on any atom is 0.251 e. The fourth-order valence-electron chi connectivity index (χ4n) is 4.53. The van der Waals surface area contributed by atoms with Crippen LogP contribution in [-0.4, -0.2) is 38.7 Å². The molecule has 7 heteroatoms. The number of tetrazole rings is 1. The first-order chi connectivity index (χ1) is 15.3. The molecule has 1 atom stereocenters. The number of aromatic nitrogens is 4. The Labute approximate surface area is 181 Å². The maximum absolute atomic E-state index is 13.0. The Morgan fingerprint density at radius 3 is 2.42 bits per heavy atom. The topological polar surface area (TPSA) is 75.9 Å². The predicted octanol–water partition coefficient (Wildman–Crippen LogP) is 3.57. The average Bonchev–Trinajstić information content (AvgIpc) is 3.31. The summed E-state index contributed by atoms with van der Waals surface area (Å²) in [6, 6.07) is 20.4. The van der Waals surface area contributed by atoms with Gasteiger partial charge in [-0.1, -0.05) is 85.0 Å². The second-order valence-electron chi connectivity index (χ2n) is 8.19. The van der Waals surface area contributed by atoms with Gasteiger partial charge in [-0.05, 0) is 40.5 Å². The van der Waals surface area contributed by atoms with Crippen LogP contribution in [0.2, 0.25) is 0 Å². The second-order valence-corrected chi connectivity index (χ2v) is 8.19. The van der Waals surface area contributed by atoms with Crippen LogP contribution in [0.4, 0.5) is 5.95 Å². The zero-order valence-corrected chi connectivity index (χ0v) is 17.4. The molecule has 1 amide bonds. The van der Waals surface area contributed by atoms with E-state index in [0.29, 0.717) is 5.95 Å². The number of nitrogens with one attached hydrogen (secondary N) is 1. The van der Waals surface area contributed by atoms with Crippen LogP contribution in [0.3, 0.4) is 0 Å². The third-order valence-electron chi connectivity index (χ3n) is 6.07. The van der Waals surface area contributed by atoms with Gasteiger partial charge in [-0.25, -0.2) is 0 Å². The van der Waals surface area contributed by atoms with E-state index >= 15 is 0 Å². The van der Waals surface area contributed by atoms with Crippen molar-refractivity contribution in [1.82, 2.24) is 25.5 Å². The van der Waals surface area contributed by atoms with Crippen molar-refractivity contribution in [3.8, 4) is 0 Å². The molecule has 1 fully saturated rings. The van der Waals surface area contributed by atoms with Crippen molar-refractivity contribution in [1.29, 1.82) is 0 Å². The summed E-state index contributed by atoms with van der Waals surface area (Å²) in [6.07, 6.45) is 7.88. The lowest BCUT2D eigenvalue weighted by Gasteiger charge is -2.33. The van der Waals surface area contributed by atoms with Gasteiger partial charge in [0.1, 0.15) is 12.6 Å². The Morgan fingerprint density at radius 1 is 0.968 bits per heavy atom. The molecule has 0 saturated heterocycles. The Kier molecular flexibility index (Phi) is 5.48. The van der Waals surface area contributed by atoms with Gasteiger partial charge in [-0.2, -0.15) is 4.68 Å². The van der Waals surface area contributed by atoms with E-state index in [2.05, 4.69) is 51.2 Å². The van der Waals surface area contributed by atoms with Crippen molar-refractivity contribution in [2.24, 2.45) is 0 Å². The largest absolute Gasteiger partial charge is 0.352 e. The number of hydrogen-bond acceptors (Lipinski definition) is 5. The summed E-state index contributed by atoms with van der Waals surface area (Å²) in [5, 5.41) is 15.7. The molecule has 1 aromatic heterocycles. The van der Waals surface area contributed by atoms with Crippen LogP contribution >= 0.6 is 0 Å². The molecule has 0 bridgehead atoms. The molecule has 0 spiro atoms. The van der Waals surface area contributed by atoms with Crippen LogP contribution in [-0.2, 0) is 4.79 Å². The van der Waals surface area contributed by atoms with Gasteiger partial charge in [0, 0.05) is 6.04 Å². The molecule has 7 nitrogen and oxygen atoms in total.